The van der Waals surface area contributed by atoms with Gasteiger partial charge in [-0.25, -0.2) is 4.98 Å². The quantitative estimate of drug-likeness (QED) is 0.545. The first-order valence-corrected chi connectivity index (χ1v) is 8.64. The number of aryl methyl sites for hydroxylation is 1. The Morgan fingerprint density at radius 2 is 1.96 bits per heavy atom. The number of H-pyrrole nitrogens is 1. The molecule has 3 N–H and O–H groups in total. The molecule has 0 radical (unpaired) electrons. The maximum Gasteiger partial charge on any atom is 0.224 e. The summed E-state index contributed by atoms with van der Waals surface area (Å²) in [5.74, 6) is 1.58. The summed E-state index contributed by atoms with van der Waals surface area (Å²) in [6.45, 7) is 5.93. The number of aromatic nitrogens is 3. The Balaban J connectivity index is 1.60. The van der Waals surface area contributed by atoms with Gasteiger partial charge in [0.05, 0.1) is 0 Å². The van der Waals surface area contributed by atoms with Crippen LogP contribution in [0, 0.1) is 6.92 Å². The zero-order chi connectivity index (χ0) is 16.8. The van der Waals surface area contributed by atoms with E-state index in [4.69, 9.17) is 0 Å². The van der Waals surface area contributed by atoms with E-state index < -0.39 is 0 Å². The fourth-order valence-electron chi connectivity index (χ4n) is 2.78. The first-order chi connectivity index (χ1) is 11.8. The van der Waals surface area contributed by atoms with Gasteiger partial charge in [0.2, 0.25) is 5.95 Å². The molecule has 0 aliphatic carbocycles. The second-order valence-corrected chi connectivity index (χ2v) is 6.03. The van der Waals surface area contributed by atoms with Gasteiger partial charge in [-0.15, -0.1) is 0 Å². The van der Waals surface area contributed by atoms with E-state index in [1.54, 1.807) is 0 Å². The second-order valence-electron chi connectivity index (χ2n) is 6.03. The minimum absolute atomic E-state index is 0.689. The highest BCUT2D eigenvalue weighted by Crippen LogP contribution is 2.18. The SMILES string of the molecule is CCCCNc1cc(C)nc(NCCc2c[nH]c3ccccc23)n1. The summed E-state index contributed by atoms with van der Waals surface area (Å²) in [4.78, 5) is 12.3. The smallest absolute Gasteiger partial charge is 0.224 e. The van der Waals surface area contributed by atoms with Gasteiger partial charge in [-0.2, -0.15) is 4.98 Å². The fourth-order valence-corrected chi connectivity index (χ4v) is 2.78. The van der Waals surface area contributed by atoms with Gasteiger partial charge in [0, 0.05) is 41.9 Å². The van der Waals surface area contributed by atoms with Crippen LogP contribution in [0.25, 0.3) is 10.9 Å². The van der Waals surface area contributed by atoms with Crippen molar-refractivity contribution < 1.29 is 0 Å². The molecular weight excluding hydrogens is 298 g/mol. The lowest BCUT2D eigenvalue weighted by Gasteiger charge is -2.09. The standard InChI is InChI=1S/C19H25N5/c1-3-4-10-20-18-12-14(2)23-19(24-18)21-11-9-15-13-22-17-8-6-5-7-16(15)17/h5-8,12-13,22H,3-4,9-11H2,1-2H3,(H2,20,21,23,24). The number of fused-ring (bicyclic) bond motifs is 1. The molecular formula is C19H25N5. The average Bonchev–Trinajstić information content (AvgIpc) is 2.98. The van der Waals surface area contributed by atoms with E-state index in [2.05, 4.69) is 63.0 Å². The first kappa shape index (κ1) is 16.3. The topological polar surface area (TPSA) is 65.6 Å². The number of hydrogen-bond acceptors (Lipinski definition) is 4. The van der Waals surface area contributed by atoms with Gasteiger partial charge in [0.15, 0.2) is 0 Å². The first-order valence-electron chi connectivity index (χ1n) is 8.64. The van der Waals surface area contributed by atoms with Crippen LogP contribution in [-0.2, 0) is 6.42 Å². The Morgan fingerprint density at radius 3 is 2.83 bits per heavy atom. The zero-order valence-corrected chi connectivity index (χ0v) is 14.4. The molecule has 0 spiro atoms. The van der Waals surface area contributed by atoms with Crippen LogP contribution in [0.3, 0.4) is 0 Å². The van der Waals surface area contributed by atoms with Gasteiger partial charge in [0.1, 0.15) is 5.82 Å². The molecule has 2 heterocycles. The molecule has 0 aliphatic heterocycles. The minimum atomic E-state index is 0.689. The molecule has 3 rings (SSSR count). The largest absolute Gasteiger partial charge is 0.370 e. The van der Waals surface area contributed by atoms with E-state index in [9.17, 15) is 0 Å². The van der Waals surface area contributed by atoms with Crippen LogP contribution in [-0.4, -0.2) is 28.0 Å². The van der Waals surface area contributed by atoms with Crippen molar-refractivity contribution in [3.8, 4) is 0 Å². The van der Waals surface area contributed by atoms with Gasteiger partial charge < -0.3 is 15.6 Å². The lowest BCUT2D eigenvalue weighted by molar-refractivity contribution is 0.829. The number of nitrogens with one attached hydrogen (secondary N) is 3. The molecule has 5 nitrogen and oxygen atoms in total. The van der Waals surface area contributed by atoms with E-state index in [0.717, 1.165) is 37.4 Å². The van der Waals surface area contributed by atoms with E-state index in [0.29, 0.717) is 5.95 Å². The highest BCUT2D eigenvalue weighted by atomic mass is 15.1. The van der Waals surface area contributed by atoms with E-state index in [1.165, 1.54) is 22.9 Å². The molecule has 5 heteroatoms. The molecule has 0 unspecified atom stereocenters. The molecule has 0 aliphatic rings. The maximum absolute atomic E-state index is 4.55. The molecule has 0 saturated heterocycles. The number of benzene rings is 1. The average molecular weight is 323 g/mol. The Morgan fingerprint density at radius 1 is 1.08 bits per heavy atom. The molecule has 2 aromatic heterocycles. The summed E-state index contributed by atoms with van der Waals surface area (Å²) in [6.07, 6.45) is 5.33. The molecule has 126 valence electrons. The van der Waals surface area contributed by atoms with Crippen molar-refractivity contribution in [3.63, 3.8) is 0 Å². The van der Waals surface area contributed by atoms with Crippen molar-refractivity contribution in [1.29, 1.82) is 0 Å². The lowest BCUT2D eigenvalue weighted by Crippen LogP contribution is -2.11. The van der Waals surface area contributed by atoms with Crippen LogP contribution < -0.4 is 10.6 Å². The summed E-state index contributed by atoms with van der Waals surface area (Å²) < 4.78 is 0. The number of rotatable bonds is 8. The van der Waals surface area contributed by atoms with Crippen LogP contribution in [0.15, 0.2) is 36.5 Å². The monoisotopic (exact) mass is 323 g/mol. The maximum atomic E-state index is 4.55. The van der Waals surface area contributed by atoms with Crippen LogP contribution in [0.5, 0.6) is 0 Å². The van der Waals surface area contributed by atoms with Gasteiger partial charge >= 0.3 is 0 Å². The van der Waals surface area contributed by atoms with Crippen LogP contribution >= 0.6 is 0 Å². The molecule has 0 bridgehead atoms. The number of nitrogens with zero attached hydrogens (tertiary/aromatic N) is 2. The molecule has 0 saturated carbocycles. The molecule has 24 heavy (non-hydrogen) atoms. The summed E-state index contributed by atoms with van der Waals surface area (Å²) in [5, 5.41) is 7.99. The third-order valence-corrected chi connectivity index (χ3v) is 4.04. The van der Waals surface area contributed by atoms with E-state index in [-0.39, 0.29) is 0 Å². The van der Waals surface area contributed by atoms with Crippen molar-refractivity contribution in [2.45, 2.75) is 33.1 Å². The predicted octanol–water partition coefficient (Wildman–Crippen LogP) is 4.13. The summed E-state index contributed by atoms with van der Waals surface area (Å²) in [6, 6.07) is 10.4. The van der Waals surface area contributed by atoms with Crippen molar-refractivity contribution in [3.05, 3.63) is 47.8 Å². The summed E-state index contributed by atoms with van der Waals surface area (Å²) in [5.41, 5.74) is 3.47. The summed E-state index contributed by atoms with van der Waals surface area (Å²) in [7, 11) is 0. The third-order valence-electron chi connectivity index (χ3n) is 4.04. The number of hydrogen-bond donors (Lipinski definition) is 3. The molecule has 0 fully saturated rings. The fraction of sp³-hybridized carbons (Fsp3) is 0.368. The Labute approximate surface area is 142 Å². The lowest BCUT2D eigenvalue weighted by atomic mass is 10.1. The van der Waals surface area contributed by atoms with E-state index in [1.807, 2.05) is 13.0 Å². The zero-order valence-electron chi connectivity index (χ0n) is 14.4. The van der Waals surface area contributed by atoms with Crippen LogP contribution in [0.4, 0.5) is 11.8 Å². The third kappa shape index (κ3) is 4.04. The Hall–Kier alpha value is -2.56. The summed E-state index contributed by atoms with van der Waals surface area (Å²) >= 11 is 0. The molecule has 0 atom stereocenters. The van der Waals surface area contributed by atoms with Gasteiger partial charge in [-0.3, -0.25) is 0 Å². The van der Waals surface area contributed by atoms with Crippen molar-refractivity contribution in [1.82, 2.24) is 15.0 Å². The van der Waals surface area contributed by atoms with Crippen molar-refractivity contribution in [2.24, 2.45) is 0 Å². The number of anilines is 2. The van der Waals surface area contributed by atoms with Crippen LogP contribution in [0.1, 0.15) is 31.0 Å². The molecule has 0 amide bonds. The van der Waals surface area contributed by atoms with Gasteiger partial charge in [-0.1, -0.05) is 31.5 Å². The van der Waals surface area contributed by atoms with Gasteiger partial charge in [-0.05, 0) is 31.4 Å². The normalized spacial score (nSPS) is 10.9. The highest BCUT2D eigenvalue weighted by molar-refractivity contribution is 5.83. The number of aromatic amines is 1. The number of para-hydroxylation sites is 1. The van der Waals surface area contributed by atoms with Crippen molar-refractivity contribution >= 4 is 22.7 Å². The molecule has 3 aromatic rings. The van der Waals surface area contributed by atoms with E-state index >= 15 is 0 Å². The minimum Gasteiger partial charge on any atom is -0.370 e. The predicted molar refractivity (Wildman–Crippen MR) is 101 cm³/mol. The number of unbranched alkanes of at least 4 members (excludes halogenated alkanes) is 1. The second kappa shape index (κ2) is 7.81. The Bertz CT molecular complexity index is 793. The van der Waals surface area contributed by atoms with Crippen molar-refractivity contribution in [2.75, 3.05) is 23.7 Å². The molecule has 1 aromatic carbocycles. The van der Waals surface area contributed by atoms with Crippen LogP contribution in [0.2, 0.25) is 0 Å². The Kier molecular flexibility index (Phi) is 5.31. The van der Waals surface area contributed by atoms with Gasteiger partial charge in [0.25, 0.3) is 0 Å². The highest BCUT2D eigenvalue weighted by Gasteiger charge is 2.04.